The van der Waals surface area contributed by atoms with Crippen LogP contribution in [-0.4, -0.2) is 57.6 Å². The van der Waals surface area contributed by atoms with Crippen molar-refractivity contribution in [3.05, 3.63) is 41.1 Å². The molecule has 0 spiro atoms. The molecule has 1 unspecified atom stereocenters. The first-order chi connectivity index (χ1) is 17.6. The van der Waals surface area contributed by atoms with Gasteiger partial charge in [0.05, 0.1) is 11.7 Å². The van der Waals surface area contributed by atoms with Gasteiger partial charge in [0, 0.05) is 30.6 Å². The van der Waals surface area contributed by atoms with Crippen LogP contribution in [0.4, 0.5) is 4.79 Å². The van der Waals surface area contributed by atoms with Crippen molar-refractivity contribution in [1.82, 2.24) is 14.7 Å². The zero-order valence-electron chi connectivity index (χ0n) is 23.6. The average Bonchev–Trinajstić information content (AvgIpc) is 3.50. The van der Waals surface area contributed by atoms with Crippen LogP contribution in [-0.2, 0) is 22.4 Å². The molecule has 8 nitrogen and oxygen atoms in total. The highest BCUT2D eigenvalue weighted by molar-refractivity contribution is 6.43. The number of aromatic nitrogens is 2. The third-order valence-corrected chi connectivity index (χ3v) is 6.12. The van der Waals surface area contributed by atoms with E-state index in [1.165, 1.54) is 5.56 Å². The van der Waals surface area contributed by atoms with E-state index in [0.29, 0.717) is 49.4 Å². The van der Waals surface area contributed by atoms with Gasteiger partial charge in [-0.2, -0.15) is 5.10 Å². The van der Waals surface area contributed by atoms with Crippen LogP contribution >= 0.6 is 0 Å². The molecule has 1 fully saturated rings. The van der Waals surface area contributed by atoms with E-state index in [2.05, 4.69) is 19.1 Å². The maximum absolute atomic E-state index is 13.3. The van der Waals surface area contributed by atoms with Crippen molar-refractivity contribution in [2.75, 3.05) is 19.6 Å². The Morgan fingerprint density at radius 1 is 1.08 bits per heavy atom. The van der Waals surface area contributed by atoms with Gasteiger partial charge in [0.15, 0.2) is 0 Å². The van der Waals surface area contributed by atoms with Gasteiger partial charge in [0.25, 0.3) is 0 Å². The Labute approximate surface area is 221 Å². The molecule has 0 radical (unpaired) electrons. The summed E-state index contributed by atoms with van der Waals surface area (Å²) in [5, 5.41) is 4.87. The molecule has 1 aromatic carbocycles. The molecular formula is C29H44N4O4. The Kier molecular flexibility index (Phi) is 11.0. The van der Waals surface area contributed by atoms with Crippen LogP contribution in [0.5, 0.6) is 0 Å². The molecule has 1 aliphatic rings. The lowest BCUT2D eigenvalue weighted by atomic mass is 9.98. The van der Waals surface area contributed by atoms with Crippen LogP contribution in [0.15, 0.2) is 24.3 Å². The van der Waals surface area contributed by atoms with Crippen LogP contribution < -0.4 is 5.73 Å². The Bertz CT molecular complexity index is 1070. The fourth-order valence-corrected chi connectivity index (χ4v) is 4.43. The number of likely N-dealkylation sites (tertiary alicyclic amines) is 1. The van der Waals surface area contributed by atoms with E-state index in [0.717, 1.165) is 18.4 Å². The minimum Gasteiger partial charge on any atom is -0.444 e. The summed E-state index contributed by atoms with van der Waals surface area (Å²) in [4.78, 5) is 40.1. The van der Waals surface area contributed by atoms with E-state index >= 15 is 0 Å². The van der Waals surface area contributed by atoms with Gasteiger partial charge in [-0.1, -0.05) is 58.4 Å². The van der Waals surface area contributed by atoms with E-state index in [4.69, 9.17) is 15.6 Å². The highest BCUT2D eigenvalue weighted by atomic mass is 16.6. The summed E-state index contributed by atoms with van der Waals surface area (Å²) in [6.45, 7) is 14.5. The molecule has 1 aliphatic heterocycles. The molecule has 204 valence electrons. The first kappa shape index (κ1) is 30.2. The number of hydrogen-bond donors (Lipinski definition) is 1. The summed E-state index contributed by atoms with van der Waals surface area (Å²) in [7, 11) is 0. The van der Waals surface area contributed by atoms with E-state index in [9.17, 15) is 14.4 Å². The number of ketones is 2. The summed E-state index contributed by atoms with van der Waals surface area (Å²) >= 11 is 0. The normalized spacial score (nSPS) is 15.2. The summed E-state index contributed by atoms with van der Waals surface area (Å²) in [6.07, 6.45) is 2.80. The average molecular weight is 513 g/mol. The lowest BCUT2D eigenvalue weighted by molar-refractivity contribution is -0.114. The molecule has 1 amide bonds. The Morgan fingerprint density at radius 3 is 2.27 bits per heavy atom. The van der Waals surface area contributed by atoms with Gasteiger partial charge in [-0.25, -0.2) is 4.79 Å². The fourth-order valence-electron chi connectivity index (χ4n) is 4.43. The minimum atomic E-state index is -0.596. The second-order valence-electron chi connectivity index (χ2n) is 10.1. The van der Waals surface area contributed by atoms with E-state index < -0.39 is 23.3 Å². The number of carbonyl (C=O) groups is 3. The van der Waals surface area contributed by atoms with E-state index in [1.54, 1.807) is 16.5 Å². The highest BCUT2D eigenvalue weighted by Crippen LogP contribution is 2.32. The van der Waals surface area contributed by atoms with Gasteiger partial charge in [0.2, 0.25) is 11.6 Å². The quantitative estimate of drug-likeness (QED) is 0.357. The molecule has 2 aromatic rings. The number of aryl methyl sites for hydroxylation is 1. The summed E-state index contributed by atoms with van der Waals surface area (Å²) in [5.41, 5.74) is 9.11. The molecule has 8 heteroatoms. The Morgan fingerprint density at radius 2 is 1.73 bits per heavy atom. The topological polar surface area (TPSA) is 108 Å². The van der Waals surface area contributed by atoms with Gasteiger partial charge in [-0.05, 0) is 52.1 Å². The lowest BCUT2D eigenvalue weighted by Crippen LogP contribution is -2.35. The number of amides is 1. The SMILES string of the molecule is CC.CCCc1ccc(-c2nn(C3CCN(C(=O)OC(C)(C)C)C3)c(C(=O)C(=O)CC)c2CCN)cc1. The van der Waals surface area contributed by atoms with Gasteiger partial charge in [-0.3, -0.25) is 14.3 Å². The molecule has 1 saturated heterocycles. The number of Topliss-reactive ketones (excluding diaryl/α,β-unsaturated/α-hetero) is 2. The molecular weight excluding hydrogens is 468 g/mol. The van der Waals surface area contributed by atoms with E-state index in [-0.39, 0.29) is 12.5 Å². The van der Waals surface area contributed by atoms with Crippen LogP contribution in [0.3, 0.4) is 0 Å². The molecule has 1 aromatic heterocycles. The molecule has 2 heterocycles. The number of hydrogen-bond acceptors (Lipinski definition) is 6. The third-order valence-electron chi connectivity index (χ3n) is 6.12. The van der Waals surface area contributed by atoms with Crippen molar-refractivity contribution in [3.8, 4) is 11.3 Å². The maximum Gasteiger partial charge on any atom is 0.410 e. The number of rotatable bonds is 9. The molecule has 0 saturated carbocycles. The second-order valence-corrected chi connectivity index (χ2v) is 10.1. The van der Waals surface area contributed by atoms with Gasteiger partial charge in [-0.15, -0.1) is 0 Å². The maximum atomic E-state index is 13.3. The van der Waals surface area contributed by atoms with Crippen molar-refractivity contribution in [1.29, 1.82) is 0 Å². The predicted molar refractivity (Wildman–Crippen MR) is 147 cm³/mol. The van der Waals surface area contributed by atoms with Crippen molar-refractivity contribution in [3.63, 3.8) is 0 Å². The zero-order chi connectivity index (χ0) is 27.8. The molecule has 3 rings (SSSR count). The first-order valence-corrected chi connectivity index (χ1v) is 13.6. The molecule has 0 aliphatic carbocycles. The molecule has 2 N–H and O–H groups in total. The van der Waals surface area contributed by atoms with Crippen LogP contribution in [0.1, 0.15) is 95.4 Å². The van der Waals surface area contributed by atoms with Crippen molar-refractivity contribution in [2.24, 2.45) is 5.73 Å². The van der Waals surface area contributed by atoms with Crippen molar-refractivity contribution < 1.29 is 19.1 Å². The van der Waals surface area contributed by atoms with Gasteiger partial charge in [0.1, 0.15) is 11.3 Å². The standard InChI is InChI=1S/C27H38N4O4.C2H6/c1-6-8-18-9-11-19(12-10-18)23-21(13-15-28)24(25(33)22(32)7-2)31(29-23)20-14-16-30(17-20)26(34)35-27(3,4)5;1-2/h9-12,20H,6-8,13-17,28H2,1-5H3;1-2H3. The van der Waals surface area contributed by atoms with E-state index in [1.807, 2.05) is 46.8 Å². The molecule has 37 heavy (non-hydrogen) atoms. The Hall–Kier alpha value is -3.00. The van der Waals surface area contributed by atoms with Crippen molar-refractivity contribution >= 4 is 17.7 Å². The third kappa shape index (κ3) is 7.51. The predicted octanol–water partition coefficient (Wildman–Crippen LogP) is 5.37. The smallest absolute Gasteiger partial charge is 0.410 e. The van der Waals surface area contributed by atoms with Gasteiger partial charge >= 0.3 is 6.09 Å². The van der Waals surface area contributed by atoms with Crippen LogP contribution in [0.25, 0.3) is 11.3 Å². The first-order valence-electron chi connectivity index (χ1n) is 13.6. The van der Waals surface area contributed by atoms with Crippen LogP contribution in [0, 0.1) is 0 Å². The monoisotopic (exact) mass is 512 g/mol. The molecule has 0 bridgehead atoms. The number of carbonyl (C=O) groups excluding carboxylic acids is 3. The second kappa shape index (κ2) is 13.5. The fraction of sp³-hybridized carbons (Fsp3) is 0.586. The Balaban J connectivity index is 0.00000235. The largest absolute Gasteiger partial charge is 0.444 e. The number of ether oxygens (including phenoxy) is 1. The molecule has 1 atom stereocenters. The highest BCUT2D eigenvalue weighted by Gasteiger charge is 2.36. The number of benzene rings is 1. The summed E-state index contributed by atoms with van der Waals surface area (Å²) < 4.78 is 7.19. The number of nitrogens with zero attached hydrogens (tertiary/aromatic N) is 3. The van der Waals surface area contributed by atoms with Crippen molar-refractivity contribution in [2.45, 2.75) is 92.2 Å². The summed E-state index contributed by atoms with van der Waals surface area (Å²) in [5.74, 6) is -1.01. The zero-order valence-corrected chi connectivity index (χ0v) is 23.6. The van der Waals surface area contributed by atoms with Gasteiger partial charge < -0.3 is 15.4 Å². The van der Waals surface area contributed by atoms with Crippen LogP contribution in [0.2, 0.25) is 0 Å². The minimum absolute atomic E-state index is 0.113. The summed E-state index contributed by atoms with van der Waals surface area (Å²) in [6, 6.07) is 7.92. The lowest BCUT2D eigenvalue weighted by Gasteiger charge is -2.24. The number of nitrogens with two attached hydrogens (primary N) is 1.